The summed E-state index contributed by atoms with van der Waals surface area (Å²) in [6, 6.07) is 14.4. The van der Waals surface area contributed by atoms with E-state index in [-0.39, 0.29) is 5.82 Å². The van der Waals surface area contributed by atoms with Crippen LogP contribution in [-0.2, 0) is 6.54 Å². The molecule has 3 heteroatoms. The van der Waals surface area contributed by atoms with Gasteiger partial charge in [0, 0.05) is 25.0 Å². The van der Waals surface area contributed by atoms with Crippen LogP contribution in [0.15, 0.2) is 48.5 Å². The monoisotopic (exact) mass is 230 g/mol. The Labute approximate surface area is 100 Å². The molecule has 88 valence electrons. The van der Waals surface area contributed by atoms with Crippen molar-refractivity contribution in [2.24, 2.45) is 5.73 Å². The van der Waals surface area contributed by atoms with Crippen molar-refractivity contribution in [1.82, 2.24) is 0 Å². The van der Waals surface area contributed by atoms with E-state index in [2.05, 4.69) is 0 Å². The van der Waals surface area contributed by atoms with Crippen molar-refractivity contribution in [2.45, 2.75) is 6.54 Å². The normalized spacial score (nSPS) is 10.3. The van der Waals surface area contributed by atoms with Crippen molar-refractivity contribution in [3.8, 4) is 0 Å². The lowest BCUT2D eigenvalue weighted by Gasteiger charge is -2.20. The topological polar surface area (TPSA) is 29.3 Å². The number of nitrogens with two attached hydrogens (primary N) is 1. The van der Waals surface area contributed by atoms with Gasteiger partial charge in [0.2, 0.25) is 0 Å². The second-order valence-corrected chi connectivity index (χ2v) is 3.91. The number of hydrogen-bond acceptors (Lipinski definition) is 2. The van der Waals surface area contributed by atoms with Crippen LogP contribution in [0.25, 0.3) is 0 Å². The molecule has 0 fully saturated rings. The Morgan fingerprint density at radius 1 is 1.06 bits per heavy atom. The van der Waals surface area contributed by atoms with Gasteiger partial charge in [-0.15, -0.1) is 0 Å². The SMILES string of the molecule is CN(c1ccc(F)cc1)c1cccc(CN)c1. The third-order valence-corrected chi connectivity index (χ3v) is 2.75. The molecule has 2 rings (SSSR count). The average Bonchev–Trinajstić information content (AvgIpc) is 2.39. The number of benzene rings is 2. The molecule has 0 saturated heterocycles. The summed E-state index contributed by atoms with van der Waals surface area (Å²) in [5.74, 6) is -0.224. The van der Waals surface area contributed by atoms with Crippen molar-refractivity contribution < 1.29 is 4.39 Å². The van der Waals surface area contributed by atoms with Crippen LogP contribution < -0.4 is 10.6 Å². The lowest BCUT2D eigenvalue weighted by Crippen LogP contribution is -2.10. The molecule has 0 bridgehead atoms. The van der Waals surface area contributed by atoms with Crippen molar-refractivity contribution in [3.63, 3.8) is 0 Å². The summed E-state index contributed by atoms with van der Waals surface area (Å²) in [4.78, 5) is 2.00. The maximum absolute atomic E-state index is 12.8. The van der Waals surface area contributed by atoms with Crippen LogP contribution in [0.4, 0.5) is 15.8 Å². The van der Waals surface area contributed by atoms with E-state index in [1.165, 1.54) is 12.1 Å². The van der Waals surface area contributed by atoms with E-state index < -0.39 is 0 Å². The molecule has 0 saturated carbocycles. The number of anilines is 2. The summed E-state index contributed by atoms with van der Waals surface area (Å²) in [6.07, 6.45) is 0. The van der Waals surface area contributed by atoms with E-state index in [1.807, 2.05) is 36.2 Å². The molecule has 0 aliphatic carbocycles. The molecular weight excluding hydrogens is 215 g/mol. The average molecular weight is 230 g/mol. The van der Waals surface area contributed by atoms with Gasteiger partial charge >= 0.3 is 0 Å². The Morgan fingerprint density at radius 2 is 1.76 bits per heavy atom. The molecule has 0 spiro atoms. The highest BCUT2D eigenvalue weighted by molar-refractivity contribution is 5.62. The molecule has 2 nitrogen and oxygen atoms in total. The molecule has 0 radical (unpaired) electrons. The first-order valence-electron chi connectivity index (χ1n) is 5.49. The van der Waals surface area contributed by atoms with Gasteiger partial charge in [0.25, 0.3) is 0 Å². The first kappa shape index (κ1) is 11.6. The third-order valence-electron chi connectivity index (χ3n) is 2.75. The molecule has 0 aromatic heterocycles. The first-order valence-corrected chi connectivity index (χ1v) is 5.49. The Hall–Kier alpha value is -1.87. The van der Waals surface area contributed by atoms with Gasteiger partial charge < -0.3 is 10.6 Å². The highest BCUT2D eigenvalue weighted by Gasteiger charge is 2.04. The maximum Gasteiger partial charge on any atom is 0.123 e. The van der Waals surface area contributed by atoms with Gasteiger partial charge in [-0.25, -0.2) is 4.39 Å². The molecule has 2 N–H and O–H groups in total. The Bertz CT molecular complexity index is 494. The minimum absolute atomic E-state index is 0.224. The summed E-state index contributed by atoms with van der Waals surface area (Å²) >= 11 is 0. The molecule has 0 unspecified atom stereocenters. The van der Waals surface area contributed by atoms with Crippen LogP contribution in [0.3, 0.4) is 0 Å². The molecule has 17 heavy (non-hydrogen) atoms. The molecule has 0 heterocycles. The number of nitrogens with zero attached hydrogens (tertiary/aromatic N) is 1. The van der Waals surface area contributed by atoms with Gasteiger partial charge in [0.05, 0.1) is 0 Å². The zero-order chi connectivity index (χ0) is 12.3. The largest absolute Gasteiger partial charge is 0.345 e. The molecular formula is C14H15FN2. The predicted molar refractivity (Wildman–Crippen MR) is 68.8 cm³/mol. The van der Waals surface area contributed by atoms with E-state index in [4.69, 9.17) is 5.73 Å². The molecule has 0 atom stereocenters. The summed E-state index contributed by atoms with van der Waals surface area (Å²) < 4.78 is 12.8. The fourth-order valence-electron chi connectivity index (χ4n) is 1.71. The van der Waals surface area contributed by atoms with Gasteiger partial charge in [-0.2, -0.15) is 0 Å². The van der Waals surface area contributed by atoms with E-state index >= 15 is 0 Å². The van der Waals surface area contributed by atoms with Gasteiger partial charge in [-0.05, 0) is 42.0 Å². The second-order valence-electron chi connectivity index (χ2n) is 3.91. The summed E-state index contributed by atoms with van der Waals surface area (Å²) in [5.41, 5.74) is 8.68. The van der Waals surface area contributed by atoms with E-state index in [0.29, 0.717) is 6.54 Å². The van der Waals surface area contributed by atoms with Gasteiger partial charge in [-0.3, -0.25) is 0 Å². The smallest absolute Gasteiger partial charge is 0.123 e. The van der Waals surface area contributed by atoms with Gasteiger partial charge in [-0.1, -0.05) is 12.1 Å². The van der Waals surface area contributed by atoms with E-state index in [9.17, 15) is 4.39 Å². The molecule has 0 amide bonds. The summed E-state index contributed by atoms with van der Waals surface area (Å²) in [7, 11) is 1.95. The molecule has 2 aromatic carbocycles. The second kappa shape index (κ2) is 4.97. The maximum atomic E-state index is 12.8. The highest BCUT2D eigenvalue weighted by Crippen LogP contribution is 2.24. The Balaban J connectivity index is 2.29. The Kier molecular flexibility index (Phi) is 3.40. The van der Waals surface area contributed by atoms with Crippen LogP contribution in [0, 0.1) is 5.82 Å². The summed E-state index contributed by atoms with van der Waals surface area (Å²) in [5, 5.41) is 0. The number of rotatable bonds is 3. The van der Waals surface area contributed by atoms with E-state index in [1.54, 1.807) is 12.1 Å². The van der Waals surface area contributed by atoms with Crippen LogP contribution in [-0.4, -0.2) is 7.05 Å². The van der Waals surface area contributed by atoms with Crippen LogP contribution >= 0.6 is 0 Å². The van der Waals surface area contributed by atoms with Crippen molar-refractivity contribution in [3.05, 3.63) is 59.9 Å². The molecule has 0 aliphatic heterocycles. The van der Waals surface area contributed by atoms with Crippen LogP contribution in [0.2, 0.25) is 0 Å². The first-order chi connectivity index (χ1) is 8.20. The van der Waals surface area contributed by atoms with Crippen molar-refractivity contribution >= 4 is 11.4 Å². The predicted octanol–water partition coefficient (Wildman–Crippen LogP) is 3.05. The van der Waals surface area contributed by atoms with Crippen LogP contribution in [0.1, 0.15) is 5.56 Å². The lowest BCUT2D eigenvalue weighted by atomic mass is 10.2. The van der Waals surface area contributed by atoms with Gasteiger partial charge in [0.1, 0.15) is 5.82 Å². The van der Waals surface area contributed by atoms with Crippen molar-refractivity contribution in [2.75, 3.05) is 11.9 Å². The van der Waals surface area contributed by atoms with E-state index in [0.717, 1.165) is 16.9 Å². The quantitative estimate of drug-likeness (QED) is 0.878. The molecule has 0 aliphatic rings. The highest BCUT2D eigenvalue weighted by atomic mass is 19.1. The third kappa shape index (κ3) is 2.63. The number of hydrogen-bond donors (Lipinski definition) is 1. The fraction of sp³-hybridized carbons (Fsp3) is 0.143. The summed E-state index contributed by atoms with van der Waals surface area (Å²) in [6.45, 7) is 0.519. The minimum Gasteiger partial charge on any atom is -0.345 e. The van der Waals surface area contributed by atoms with Crippen molar-refractivity contribution in [1.29, 1.82) is 0 Å². The molecule has 2 aromatic rings. The lowest BCUT2D eigenvalue weighted by molar-refractivity contribution is 0.628. The van der Waals surface area contributed by atoms with Crippen LogP contribution in [0.5, 0.6) is 0 Å². The van der Waals surface area contributed by atoms with Gasteiger partial charge in [0.15, 0.2) is 0 Å². The Morgan fingerprint density at radius 3 is 2.41 bits per heavy atom. The zero-order valence-electron chi connectivity index (χ0n) is 9.73. The standard InChI is InChI=1S/C14H15FN2/c1-17(13-7-5-12(15)6-8-13)14-4-2-3-11(9-14)10-16/h2-9H,10,16H2,1H3. The number of halogens is 1. The fourth-order valence-corrected chi connectivity index (χ4v) is 1.71. The zero-order valence-corrected chi connectivity index (χ0v) is 9.73. The minimum atomic E-state index is -0.224.